The molecule has 2 amide bonds. The van der Waals surface area contributed by atoms with E-state index in [1.807, 2.05) is 6.07 Å². The maximum Gasteiger partial charge on any atom is 0.309 e. The second-order valence-electron chi connectivity index (χ2n) is 1.74. The third-order valence-electron chi connectivity index (χ3n) is 0.756. The molecule has 13 heavy (non-hydrogen) atoms. The van der Waals surface area contributed by atoms with Crippen LogP contribution in [0.15, 0.2) is 30.3 Å². The molecule has 0 aliphatic carbocycles. The zero-order valence-corrected chi connectivity index (χ0v) is 7.31. The predicted molar refractivity (Wildman–Crippen MR) is 51.9 cm³/mol. The van der Waals surface area contributed by atoms with Crippen molar-refractivity contribution in [1.29, 1.82) is 0 Å². The van der Waals surface area contributed by atoms with Gasteiger partial charge in [0.2, 0.25) is 0 Å². The Balaban J connectivity index is -0.000000150. The lowest BCUT2D eigenvalue weighted by Gasteiger charge is -1.82. The molecule has 0 atom stereocenters. The highest BCUT2D eigenvalue weighted by Crippen LogP contribution is 2.02. The van der Waals surface area contributed by atoms with Gasteiger partial charge in [-0.15, -0.1) is 0 Å². The van der Waals surface area contributed by atoms with Gasteiger partial charge in [-0.05, 0) is 12.1 Å². The number of carbonyl (C=O) groups excluding carboxylic acids is 1. The van der Waals surface area contributed by atoms with Gasteiger partial charge in [0.05, 0.1) is 0 Å². The molecule has 6 nitrogen and oxygen atoms in total. The molecule has 1 aromatic rings. The molecule has 6 heteroatoms. The Hall–Kier alpha value is -1.79. The zero-order valence-electron chi connectivity index (χ0n) is 7.31. The second-order valence-corrected chi connectivity index (χ2v) is 1.74. The normalized spacial score (nSPS) is 6.46. The molecule has 76 valence electrons. The molecular weight excluding hydrogens is 172 g/mol. The molecule has 0 saturated carbocycles. The van der Waals surface area contributed by atoms with Crippen LogP contribution in [0.4, 0.5) is 4.79 Å². The number of urea groups is 1. The van der Waals surface area contributed by atoms with Gasteiger partial charge in [-0.1, -0.05) is 18.2 Å². The highest BCUT2D eigenvalue weighted by Gasteiger charge is 1.74. The number of benzene rings is 1. The Morgan fingerprint density at radius 2 is 1.38 bits per heavy atom. The molecule has 11 N–H and O–H groups in total. The summed E-state index contributed by atoms with van der Waals surface area (Å²) in [6.07, 6.45) is 0. The van der Waals surface area contributed by atoms with Crippen molar-refractivity contribution < 1.29 is 9.90 Å². The summed E-state index contributed by atoms with van der Waals surface area (Å²) in [6.45, 7) is 0. The first kappa shape index (κ1) is 17.3. The van der Waals surface area contributed by atoms with Crippen LogP contribution in [0.1, 0.15) is 0 Å². The van der Waals surface area contributed by atoms with Crippen LogP contribution in [0.25, 0.3) is 0 Å². The van der Waals surface area contributed by atoms with Crippen LogP contribution >= 0.6 is 0 Å². The Morgan fingerprint density at radius 3 is 1.54 bits per heavy atom. The molecule has 0 heterocycles. The fourth-order valence-corrected chi connectivity index (χ4v) is 0.428. The number of rotatable bonds is 0. The Kier molecular flexibility index (Phi) is 13.6. The van der Waals surface area contributed by atoms with Gasteiger partial charge < -0.3 is 28.9 Å². The minimum atomic E-state index is -0.833. The smallest absolute Gasteiger partial charge is 0.309 e. The molecule has 0 saturated heterocycles. The molecule has 0 radical (unpaired) electrons. The third-order valence-corrected chi connectivity index (χ3v) is 0.756. The van der Waals surface area contributed by atoms with Crippen molar-refractivity contribution >= 4 is 6.03 Å². The molecule has 0 unspecified atom stereocenters. The van der Waals surface area contributed by atoms with E-state index in [9.17, 15) is 0 Å². The van der Waals surface area contributed by atoms with Crippen molar-refractivity contribution in [2.45, 2.75) is 0 Å². The number of amides is 2. The highest BCUT2D eigenvalue weighted by atomic mass is 16.3. The highest BCUT2D eigenvalue weighted by molar-refractivity contribution is 5.69. The summed E-state index contributed by atoms with van der Waals surface area (Å²) in [6, 6.07) is 7.88. The number of primary amides is 2. The van der Waals surface area contributed by atoms with E-state index < -0.39 is 6.03 Å². The maximum absolute atomic E-state index is 9.00. The van der Waals surface area contributed by atoms with E-state index in [1.165, 1.54) is 0 Å². The number of phenolic OH excluding ortho intramolecular Hbond substituents is 1. The summed E-state index contributed by atoms with van der Waals surface area (Å²) < 4.78 is 0. The fourth-order valence-electron chi connectivity index (χ4n) is 0.428. The van der Waals surface area contributed by atoms with Gasteiger partial charge >= 0.3 is 6.03 Å². The molecule has 0 fully saturated rings. The average molecular weight is 188 g/mol. The standard InChI is InChI=1S/C6H6O.CH4N2O.2H3N/c7-6-4-2-1-3-5-6;2-1(3)4;;/h1-5,7H;(H4,2,3,4);2*1H3. The fraction of sp³-hybridized carbons (Fsp3) is 0. The van der Waals surface area contributed by atoms with Crippen LogP contribution in [0, 0.1) is 0 Å². The van der Waals surface area contributed by atoms with Crippen LogP contribution < -0.4 is 23.8 Å². The molecule has 0 aliphatic rings. The molecule has 1 aromatic carbocycles. The van der Waals surface area contributed by atoms with Gasteiger partial charge in [0.15, 0.2) is 0 Å². The van der Waals surface area contributed by atoms with E-state index in [4.69, 9.17) is 9.90 Å². The van der Waals surface area contributed by atoms with Crippen molar-refractivity contribution in [3.05, 3.63) is 30.3 Å². The topological polar surface area (TPSA) is 159 Å². The number of nitrogens with two attached hydrogens (primary N) is 2. The quantitative estimate of drug-likeness (QED) is 0.406. The molecule has 1 rings (SSSR count). The van der Waals surface area contributed by atoms with Gasteiger partial charge in [0.25, 0.3) is 0 Å². The monoisotopic (exact) mass is 188 g/mol. The van der Waals surface area contributed by atoms with E-state index in [0.29, 0.717) is 5.75 Å². The number of phenols is 1. The Bertz CT molecular complexity index is 211. The minimum absolute atomic E-state index is 0. The maximum atomic E-state index is 9.00. The van der Waals surface area contributed by atoms with Crippen molar-refractivity contribution in [1.82, 2.24) is 12.3 Å². The summed E-state index contributed by atoms with van der Waals surface area (Å²) >= 11 is 0. The lowest BCUT2D eigenvalue weighted by Crippen LogP contribution is -2.18. The van der Waals surface area contributed by atoms with Crippen molar-refractivity contribution in [2.24, 2.45) is 11.5 Å². The van der Waals surface area contributed by atoms with Crippen LogP contribution in [0.5, 0.6) is 5.75 Å². The van der Waals surface area contributed by atoms with Crippen molar-refractivity contribution in [3.63, 3.8) is 0 Å². The van der Waals surface area contributed by atoms with E-state index in [2.05, 4.69) is 11.5 Å². The number of hydrogen-bond donors (Lipinski definition) is 5. The minimum Gasteiger partial charge on any atom is -0.508 e. The first-order valence-corrected chi connectivity index (χ1v) is 2.92. The molecule has 0 aromatic heterocycles. The van der Waals surface area contributed by atoms with E-state index in [1.54, 1.807) is 24.3 Å². The zero-order chi connectivity index (χ0) is 8.69. The lowest BCUT2D eigenvalue weighted by molar-refractivity contribution is 0.256. The van der Waals surface area contributed by atoms with Gasteiger partial charge in [-0.25, -0.2) is 4.79 Å². The summed E-state index contributed by atoms with van der Waals surface area (Å²) in [5, 5.41) is 8.63. The van der Waals surface area contributed by atoms with Crippen LogP contribution in [-0.2, 0) is 0 Å². The van der Waals surface area contributed by atoms with Gasteiger partial charge in [-0.2, -0.15) is 0 Å². The number of para-hydroxylation sites is 1. The van der Waals surface area contributed by atoms with Crippen molar-refractivity contribution in [3.8, 4) is 5.75 Å². The van der Waals surface area contributed by atoms with Crippen LogP contribution in [0.2, 0.25) is 0 Å². The van der Waals surface area contributed by atoms with Crippen LogP contribution in [0.3, 0.4) is 0 Å². The Labute approximate surface area is 76.7 Å². The summed E-state index contributed by atoms with van der Waals surface area (Å²) in [5.74, 6) is 0.322. The predicted octanol–water partition coefficient (Wildman–Crippen LogP) is 0.740. The number of hydrogen-bond acceptors (Lipinski definition) is 4. The first-order chi connectivity index (χ1) is 5.13. The number of carbonyl (C=O) groups is 1. The summed E-state index contributed by atoms with van der Waals surface area (Å²) in [7, 11) is 0. The molecule has 0 spiro atoms. The van der Waals surface area contributed by atoms with Gasteiger partial charge in [0.1, 0.15) is 5.75 Å². The SMILES string of the molecule is N.N.NC(N)=O.Oc1ccccc1. The van der Waals surface area contributed by atoms with Gasteiger partial charge in [-0.3, -0.25) is 0 Å². The third kappa shape index (κ3) is 17.8. The largest absolute Gasteiger partial charge is 0.508 e. The van der Waals surface area contributed by atoms with E-state index in [0.717, 1.165) is 0 Å². The second kappa shape index (κ2) is 10.2. The average Bonchev–Trinajstić information content (AvgIpc) is 1.87. The van der Waals surface area contributed by atoms with Gasteiger partial charge in [0, 0.05) is 0 Å². The summed E-state index contributed by atoms with van der Waals surface area (Å²) in [4.78, 5) is 9.00. The molecule has 0 bridgehead atoms. The van der Waals surface area contributed by atoms with Crippen molar-refractivity contribution in [2.75, 3.05) is 0 Å². The van der Waals surface area contributed by atoms with Crippen LogP contribution in [-0.4, -0.2) is 11.1 Å². The lowest BCUT2D eigenvalue weighted by atomic mass is 10.3. The van der Waals surface area contributed by atoms with E-state index >= 15 is 0 Å². The number of aromatic hydroxyl groups is 1. The molecule has 0 aliphatic heterocycles. The van der Waals surface area contributed by atoms with E-state index in [-0.39, 0.29) is 12.3 Å². The Morgan fingerprint density at radius 1 is 1.08 bits per heavy atom. The summed E-state index contributed by atoms with van der Waals surface area (Å²) in [5.41, 5.74) is 8.50. The molecular formula is C7H16N4O2. The first-order valence-electron chi connectivity index (χ1n) is 2.92.